The maximum absolute atomic E-state index is 13.7. The number of nitro benzene ring substituents is 1. The SMILES string of the molecule is CC1CCCCC1NC(=O)c1cc([N+](=O)[O-])ccc1F. The van der Waals surface area contributed by atoms with Gasteiger partial charge in [0.15, 0.2) is 0 Å². The summed E-state index contributed by atoms with van der Waals surface area (Å²) in [5.74, 6) is -0.976. The number of hydrogen-bond donors (Lipinski definition) is 1. The number of carbonyl (C=O) groups is 1. The van der Waals surface area contributed by atoms with E-state index in [4.69, 9.17) is 0 Å². The Morgan fingerprint density at radius 1 is 1.40 bits per heavy atom. The summed E-state index contributed by atoms with van der Waals surface area (Å²) in [6.07, 6.45) is 4.07. The molecule has 0 spiro atoms. The van der Waals surface area contributed by atoms with Crippen molar-refractivity contribution >= 4 is 11.6 Å². The first-order valence-electron chi connectivity index (χ1n) is 6.74. The van der Waals surface area contributed by atoms with Crippen LogP contribution in [0.15, 0.2) is 18.2 Å². The lowest BCUT2D eigenvalue weighted by Crippen LogP contribution is -2.41. The van der Waals surface area contributed by atoms with Gasteiger partial charge < -0.3 is 5.32 Å². The number of non-ortho nitro benzene ring substituents is 1. The second kappa shape index (κ2) is 5.98. The second-order valence-corrected chi connectivity index (χ2v) is 5.26. The topological polar surface area (TPSA) is 72.2 Å². The maximum Gasteiger partial charge on any atom is 0.270 e. The summed E-state index contributed by atoms with van der Waals surface area (Å²) in [6, 6.07) is 3.00. The van der Waals surface area contributed by atoms with Gasteiger partial charge in [0.2, 0.25) is 0 Å². The van der Waals surface area contributed by atoms with E-state index in [9.17, 15) is 19.3 Å². The predicted molar refractivity (Wildman–Crippen MR) is 71.9 cm³/mol. The van der Waals surface area contributed by atoms with Crippen molar-refractivity contribution in [2.45, 2.75) is 38.6 Å². The molecule has 2 rings (SSSR count). The van der Waals surface area contributed by atoms with E-state index in [1.54, 1.807) is 0 Å². The van der Waals surface area contributed by atoms with Crippen LogP contribution in [0.4, 0.5) is 10.1 Å². The van der Waals surface area contributed by atoms with Crippen LogP contribution in [0.1, 0.15) is 43.0 Å². The van der Waals surface area contributed by atoms with Gasteiger partial charge in [-0.2, -0.15) is 0 Å². The van der Waals surface area contributed by atoms with E-state index < -0.39 is 16.6 Å². The van der Waals surface area contributed by atoms with Crippen molar-refractivity contribution in [3.05, 3.63) is 39.7 Å². The molecule has 108 valence electrons. The van der Waals surface area contributed by atoms with Crippen molar-refractivity contribution in [1.29, 1.82) is 0 Å². The Morgan fingerprint density at radius 3 is 2.75 bits per heavy atom. The third-order valence-electron chi connectivity index (χ3n) is 3.83. The van der Waals surface area contributed by atoms with Crippen LogP contribution in [0.25, 0.3) is 0 Å². The number of benzene rings is 1. The lowest BCUT2D eigenvalue weighted by molar-refractivity contribution is -0.384. The maximum atomic E-state index is 13.7. The summed E-state index contributed by atoms with van der Waals surface area (Å²) in [6.45, 7) is 2.05. The molecule has 0 aromatic heterocycles. The van der Waals surface area contributed by atoms with Crippen molar-refractivity contribution in [3.8, 4) is 0 Å². The molecule has 1 aliphatic carbocycles. The van der Waals surface area contributed by atoms with E-state index in [0.717, 1.165) is 43.9 Å². The third kappa shape index (κ3) is 3.12. The van der Waals surface area contributed by atoms with Gasteiger partial charge in [0, 0.05) is 18.2 Å². The van der Waals surface area contributed by atoms with E-state index in [0.29, 0.717) is 5.92 Å². The number of carbonyl (C=O) groups excluding carboxylic acids is 1. The number of hydrogen-bond acceptors (Lipinski definition) is 3. The van der Waals surface area contributed by atoms with Gasteiger partial charge in [0.1, 0.15) is 5.82 Å². The minimum absolute atomic E-state index is 0.00918. The Balaban J connectivity index is 2.16. The summed E-state index contributed by atoms with van der Waals surface area (Å²) in [4.78, 5) is 22.1. The monoisotopic (exact) mass is 280 g/mol. The van der Waals surface area contributed by atoms with Crippen LogP contribution in [0.2, 0.25) is 0 Å². The standard InChI is InChI=1S/C14H17FN2O3/c1-9-4-2-3-5-13(9)16-14(18)11-8-10(17(19)20)6-7-12(11)15/h6-9,13H,2-5H2,1H3,(H,16,18). The third-order valence-corrected chi connectivity index (χ3v) is 3.83. The van der Waals surface area contributed by atoms with Gasteiger partial charge in [-0.1, -0.05) is 19.8 Å². The highest BCUT2D eigenvalue weighted by Crippen LogP contribution is 2.24. The highest BCUT2D eigenvalue weighted by Gasteiger charge is 2.25. The average molecular weight is 280 g/mol. The fraction of sp³-hybridized carbons (Fsp3) is 0.500. The number of nitro groups is 1. The minimum atomic E-state index is -0.739. The van der Waals surface area contributed by atoms with Crippen LogP contribution in [-0.4, -0.2) is 16.9 Å². The highest BCUT2D eigenvalue weighted by molar-refractivity contribution is 5.95. The molecule has 1 aromatic rings. The Kier molecular flexibility index (Phi) is 4.32. The van der Waals surface area contributed by atoms with Crippen LogP contribution in [0, 0.1) is 21.8 Å². The molecule has 1 fully saturated rings. The molecule has 1 saturated carbocycles. The van der Waals surface area contributed by atoms with Crippen molar-refractivity contribution in [1.82, 2.24) is 5.32 Å². The van der Waals surface area contributed by atoms with Gasteiger partial charge in [-0.05, 0) is 24.8 Å². The molecule has 0 heterocycles. The Labute approximate surface area is 116 Å². The molecule has 5 nitrogen and oxygen atoms in total. The zero-order valence-electron chi connectivity index (χ0n) is 11.3. The summed E-state index contributed by atoms with van der Waals surface area (Å²) in [5, 5.41) is 13.5. The molecule has 1 amide bonds. The van der Waals surface area contributed by atoms with E-state index in [1.807, 2.05) is 6.92 Å². The van der Waals surface area contributed by atoms with Gasteiger partial charge in [-0.3, -0.25) is 14.9 Å². The molecule has 0 aliphatic heterocycles. The molecular formula is C14H17FN2O3. The first kappa shape index (κ1) is 14.4. The van der Waals surface area contributed by atoms with Crippen LogP contribution >= 0.6 is 0 Å². The van der Waals surface area contributed by atoms with Gasteiger partial charge in [0.05, 0.1) is 10.5 Å². The molecule has 1 aliphatic rings. The van der Waals surface area contributed by atoms with E-state index in [2.05, 4.69) is 5.32 Å². The average Bonchev–Trinajstić information content (AvgIpc) is 2.41. The number of halogens is 1. The molecule has 1 aromatic carbocycles. The lowest BCUT2D eigenvalue weighted by Gasteiger charge is -2.29. The molecule has 0 bridgehead atoms. The summed E-state index contributed by atoms with van der Waals surface area (Å²) >= 11 is 0. The minimum Gasteiger partial charge on any atom is -0.349 e. The van der Waals surface area contributed by atoms with Gasteiger partial charge in [0.25, 0.3) is 11.6 Å². The Morgan fingerprint density at radius 2 is 2.10 bits per heavy atom. The van der Waals surface area contributed by atoms with Crippen molar-refractivity contribution in [2.24, 2.45) is 5.92 Å². The molecule has 2 unspecified atom stereocenters. The first-order valence-corrected chi connectivity index (χ1v) is 6.74. The summed E-state index contributed by atoms with van der Waals surface area (Å²) in [7, 11) is 0. The van der Waals surface area contributed by atoms with Gasteiger partial charge in [-0.15, -0.1) is 0 Å². The fourth-order valence-corrected chi connectivity index (χ4v) is 2.58. The van der Waals surface area contributed by atoms with Crippen LogP contribution < -0.4 is 5.32 Å². The Bertz CT molecular complexity index is 533. The number of amides is 1. The van der Waals surface area contributed by atoms with Crippen LogP contribution in [0.3, 0.4) is 0 Å². The van der Waals surface area contributed by atoms with E-state index >= 15 is 0 Å². The van der Waals surface area contributed by atoms with Gasteiger partial charge >= 0.3 is 0 Å². The highest BCUT2D eigenvalue weighted by atomic mass is 19.1. The van der Waals surface area contributed by atoms with Crippen LogP contribution in [0.5, 0.6) is 0 Å². The van der Waals surface area contributed by atoms with E-state index in [1.165, 1.54) is 0 Å². The molecule has 20 heavy (non-hydrogen) atoms. The first-order chi connectivity index (χ1) is 9.49. The second-order valence-electron chi connectivity index (χ2n) is 5.26. The smallest absolute Gasteiger partial charge is 0.270 e. The molecule has 0 saturated heterocycles. The van der Waals surface area contributed by atoms with E-state index in [-0.39, 0.29) is 17.3 Å². The summed E-state index contributed by atoms with van der Waals surface area (Å²) < 4.78 is 13.7. The predicted octanol–water partition coefficient (Wildman–Crippen LogP) is 3.04. The normalized spacial score (nSPS) is 22.3. The van der Waals surface area contributed by atoms with Gasteiger partial charge in [-0.25, -0.2) is 4.39 Å². The largest absolute Gasteiger partial charge is 0.349 e. The number of rotatable bonds is 3. The molecule has 6 heteroatoms. The van der Waals surface area contributed by atoms with Crippen molar-refractivity contribution < 1.29 is 14.1 Å². The number of nitrogens with zero attached hydrogens (tertiary/aromatic N) is 1. The molecule has 0 radical (unpaired) electrons. The van der Waals surface area contributed by atoms with Crippen molar-refractivity contribution in [2.75, 3.05) is 0 Å². The fourth-order valence-electron chi connectivity index (χ4n) is 2.58. The Hall–Kier alpha value is -1.98. The molecule has 2 atom stereocenters. The lowest BCUT2D eigenvalue weighted by atomic mass is 9.86. The zero-order valence-corrected chi connectivity index (χ0v) is 11.3. The molecular weight excluding hydrogens is 263 g/mol. The number of nitrogens with one attached hydrogen (secondary N) is 1. The zero-order chi connectivity index (χ0) is 14.7. The van der Waals surface area contributed by atoms with Crippen LogP contribution in [-0.2, 0) is 0 Å². The quantitative estimate of drug-likeness (QED) is 0.683. The molecule has 1 N–H and O–H groups in total. The summed E-state index contributed by atoms with van der Waals surface area (Å²) in [5.41, 5.74) is -0.551. The van der Waals surface area contributed by atoms with Crippen molar-refractivity contribution in [3.63, 3.8) is 0 Å².